The first-order valence-corrected chi connectivity index (χ1v) is 5.41. The van der Waals surface area contributed by atoms with E-state index in [4.69, 9.17) is 0 Å². The van der Waals surface area contributed by atoms with Crippen LogP contribution in [0.15, 0.2) is 18.2 Å². The molecule has 1 heterocycles. The summed E-state index contributed by atoms with van der Waals surface area (Å²) in [6.07, 6.45) is 3.64. The van der Waals surface area contributed by atoms with E-state index in [1.807, 2.05) is 12.1 Å². The predicted molar refractivity (Wildman–Crippen MR) is 55.4 cm³/mol. The van der Waals surface area contributed by atoms with Gasteiger partial charge in [0.15, 0.2) is 0 Å². The molecule has 1 fully saturated rings. The molecule has 0 amide bonds. The van der Waals surface area contributed by atoms with Crippen LogP contribution >= 0.6 is 0 Å². The molecule has 14 heavy (non-hydrogen) atoms. The summed E-state index contributed by atoms with van der Waals surface area (Å²) in [6.45, 7) is 2.41. The Bertz CT molecular complexity index is 357. The van der Waals surface area contributed by atoms with Gasteiger partial charge in [0, 0.05) is 11.6 Å². The second-order valence-electron chi connectivity index (χ2n) is 4.29. The first kappa shape index (κ1) is 8.30. The predicted octanol–water partition coefficient (Wildman–Crippen LogP) is 2.09. The van der Waals surface area contributed by atoms with Crippen LogP contribution in [0, 0.1) is 0 Å². The Morgan fingerprint density at radius 2 is 2.14 bits per heavy atom. The summed E-state index contributed by atoms with van der Waals surface area (Å²) in [5.41, 5.74) is 2.55. The minimum atomic E-state index is 0.497. The molecule has 0 bridgehead atoms. The van der Waals surface area contributed by atoms with Gasteiger partial charge in [-0.25, -0.2) is 0 Å². The highest BCUT2D eigenvalue weighted by Crippen LogP contribution is 2.42. The SMILES string of the molecule is Oc1cccc2c1C(N1CCC1)CC2. The van der Waals surface area contributed by atoms with Crippen LogP contribution in [0.4, 0.5) is 0 Å². The molecular weight excluding hydrogens is 174 g/mol. The number of phenolic OH excluding ortho intramolecular Hbond substituents is 1. The Balaban J connectivity index is 1.99. The van der Waals surface area contributed by atoms with Crippen LogP contribution in [0.2, 0.25) is 0 Å². The van der Waals surface area contributed by atoms with Gasteiger partial charge in [-0.15, -0.1) is 0 Å². The maximum absolute atomic E-state index is 9.84. The third-order valence-electron chi connectivity index (χ3n) is 3.53. The Kier molecular flexibility index (Phi) is 1.77. The number of hydrogen-bond donors (Lipinski definition) is 1. The van der Waals surface area contributed by atoms with E-state index >= 15 is 0 Å². The van der Waals surface area contributed by atoms with Crippen molar-refractivity contribution in [2.75, 3.05) is 13.1 Å². The van der Waals surface area contributed by atoms with Crippen molar-refractivity contribution < 1.29 is 5.11 Å². The zero-order valence-electron chi connectivity index (χ0n) is 8.24. The van der Waals surface area contributed by atoms with Gasteiger partial charge >= 0.3 is 0 Å². The van der Waals surface area contributed by atoms with E-state index in [1.54, 1.807) is 0 Å². The number of hydrogen-bond acceptors (Lipinski definition) is 2. The second-order valence-corrected chi connectivity index (χ2v) is 4.29. The average Bonchev–Trinajstić information content (AvgIpc) is 2.47. The first-order valence-electron chi connectivity index (χ1n) is 5.41. The minimum Gasteiger partial charge on any atom is -0.508 e. The van der Waals surface area contributed by atoms with Gasteiger partial charge in [-0.2, -0.15) is 0 Å². The first-order chi connectivity index (χ1) is 6.86. The van der Waals surface area contributed by atoms with E-state index in [-0.39, 0.29) is 0 Å². The molecule has 0 radical (unpaired) electrons. The lowest BCUT2D eigenvalue weighted by Gasteiger charge is -2.37. The van der Waals surface area contributed by atoms with Crippen LogP contribution in [0.1, 0.15) is 30.0 Å². The summed E-state index contributed by atoms with van der Waals surface area (Å²) in [5, 5.41) is 9.84. The second kappa shape index (κ2) is 2.99. The molecule has 1 unspecified atom stereocenters. The smallest absolute Gasteiger partial charge is 0.120 e. The molecule has 2 nitrogen and oxygen atoms in total. The van der Waals surface area contributed by atoms with E-state index < -0.39 is 0 Å². The molecule has 2 aliphatic rings. The Hall–Kier alpha value is -1.02. The largest absolute Gasteiger partial charge is 0.508 e. The van der Waals surface area contributed by atoms with Crippen LogP contribution in [0.5, 0.6) is 5.75 Å². The molecule has 2 heteroatoms. The molecular formula is C12H15NO. The quantitative estimate of drug-likeness (QED) is 0.731. The van der Waals surface area contributed by atoms with Gasteiger partial charge in [0.2, 0.25) is 0 Å². The van der Waals surface area contributed by atoms with Gasteiger partial charge in [0.05, 0.1) is 0 Å². The van der Waals surface area contributed by atoms with E-state index in [9.17, 15) is 5.11 Å². The molecule has 1 saturated heterocycles. The normalized spacial score (nSPS) is 25.9. The lowest BCUT2D eigenvalue weighted by molar-refractivity contribution is 0.116. The van der Waals surface area contributed by atoms with Crippen LogP contribution in [-0.4, -0.2) is 23.1 Å². The Morgan fingerprint density at radius 1 is 1.29 bits per heavy atom. The summed E-state index contributed by atoms with van der Waals surface area (Å²) >= 11 is 0. The van der Waals surface area contributed by atoms with Crippen molar-refractivity contribution in [3.05, 3.63) is 29.3 Å². The van der Waals surface area contributed by atoms with Crippen molar-refractivity contribution in [2.45, 2.75) is 25.3 Å². The summed E-state index contributed by atoms with van der Waals surface area (Å²) in [5.74, 6) is 0.497. The van der Waals surface area contributed by atoms with Crippen molar-refractivity contribution in [3.63, 3.8) is 0 Å². The lowest BCUT2D eigenvalue weighted by Crippen LogP contribution is -2.39. The molecule has 1 aromatic carbocycles. The van der Waals surface area contributed by atoms with Gasteiger partial charge < -0.3 is 5.11 Å². The third kappa shape index (κ3) is 1.07. The van der Waals surface area contributed by atoms with Gasteiger partial charge in [-0.3, -0.25) is 4.90 Å². The standard InChI is InChI=1S/C12H15NO/c14-11-4-1-3-9-5-6-10(12(9)11)13-7-2-8-13/h1,3-4,10,14H,2,5-8H2. The number of phenols is 1. The molecule has 1 N–H and O–H groups in total. The summed E-state index contributed by atoms with van der Waals surface area (Å²) < 4.78 is 0. The number of likely N-dealkylation sites (tertiary alicyclic amines) is 1. The number of benzene rings is 1. The molecule has 1 aliphatic carbocycles. The maximum Gasteiger partial charge on any atom is 0.120 e. The van der Waals surface area contributed by atoms with E-state index in [0.29, 0.717) is 11.8 Å². The maximum atomic E-state index is 9.84. The Morgan fingerprint density at radius 3 is 2.86 bits per heavy atom. The molecule has 74 valence electrons. The van der Waals surface area contributed by atoms with E-state index in [1.165, 1.54) is 37.1 Å². The number of nitrogens with zero attached hydrogens (tertiary/aromatic N) is 1. The molecule has 0 aromatic heterocycles. The molecule has 1 aliphatic heterocycles. The summed E-state index contributed by atoms with van der Waals surface area (Å²) in [6, 6.07) is 6.42. The highest BCUT2D eigenvalue weighted by atomic mass is 16.3. The number of aryl methyl sites for hydroxylation is 1. The molecule has 0 spiro atoms. The van der Waals surface area contributed by atoms with Gasteiger partial charge in [-0.1, -0.05) is 12.1 Å². The number of aromatic hydroxyl groups is 1. The number of rotatable bonds is 1. The fraction of sp³-hybridized carbons (Fsp3) is 0.500. The molecule has 3 rings (SSSR count). The Labute approximate surface area is 84.2 Å². The highest BCUT2D eigenvalue weighted by Gasteiger charge is 2.32. The number of fused-ring (bicyclic) bond motifs is 1. The van der Waals surface area contributed by atoms with Crippen LogP contribution in [0.25, 0.3) is 0 Å². The fourth-order valence-electron chi connectivity index (χ4n) is 2.66. The van der Waals surface area contributed by atoms with Gasteiger partial charge in [0.1, 0.15) is 5.75 Å². The van der Waals surface area contributed by atoms with E-state index in [0.717, 1.165) is 6.42 Å². The van der Waals surface area contributed by atoms with Crippen LogP contribution in [0.3, 0.4) is 0 Å². The summed E-state index contributed by atoms with van der Waals surface area (Å²) in [7, 11) is 0. The third-order valence-corrected chi connectivity index (χ3v) is 3.53. The monoisotopic (exact) mass is 189 g/mol. The van der Waals surface area contributed by atoms with Gasteiger partial charge in [0.25, 0.3) is 0 Å². The van der Waals surface area contributed by atoms with Crippen molar-refractivity contribution in [2.24, 2.45) is 0 Å². The van der Waals surface area contributed by atoms with Crippen molar-refractivity contribution in [1.82, 2.24) is 4.90 Å². The lowest BCUT2D eigenvalue weighted by atomic mass is 10.0. The van der Waals surface area contributed by atoms with Crippen molar-refractivity contribution in [3.8, 4) is 5.75 Å². The van der Waals surface area contributed by atoms with Crippen molar-refractivity contribution >= 4 is 0 Å². The topological polar surface area (TPSA) is 23.5 Å². The molecule has 1 atom stereocenters. The average molecular weight is 189 g/mol. The van der Waals surface area contributed by atoms with Crippen LogP contribution in [-0.2, 0) is 6.42 Å². The molecule has 0 saturated carbocycles. The minimum absolute atomic E-state index is 0.497. The zero-order valence-corrected chi connectivity index (χ0v) is 8.24. The van der Waals surface area contributed by atoms with Gasteiger partial charge in [-0.05, 0) is 44.0 Å². The molecule has 1 aromatic rings. The fourth-order valence-corrected chi connectivity index (χ4v) is 2.66. The van der Waals surface area contributed by atoms with E-state index in [2.05, 4.69) is 11.0 Å². The van der Waals surface area contributed by atoms with Crippen LogP contribution < -0.4 is 0 Å². The highest BCUT2D eigenvalue weighted by molar-refractivity contribution is 5.44. The van der Waals surface area contributed by atoms with Crippen molar-refractivity contribution in [1.29, 1.82) is 0 Å². The summed E-state index contributed by atoms with van der Waals surface area (Å²) in [4.78, 5) is 2.48. The zero-order chi connectivity index (χ0) is 9.54.